The lowest BCUT2D eigenvalue weighted by molar-refractivity contribution is 0.0658. The zero-order chi connectivity index (χ0) is 21.5. The molecule has 0 saturated carbocycles. The van der Waals surface area contributed by atoms with Crippen molar-refractivity contribution in [2.24, 2.45) is 0 Å². The van der Waals surface area contributed by atoms with Crippen molar-refractivity contribution in [3.63, 3.8) is 0 Å². The third-order valence-electron chi connectivity index (χ3n) is 4.08. The van der Waals surface area contributed by atoms with Crippen LogP contribution in [0.3, 0.4) is 0 Å². The highest BCUT2D eigenvalue weighted by Gasteiger charge is 2.12. The Balaban J connectivity index is 1.83. The predicted molar refractivity (Wildman–Crippen MR) is 113 cm³/mol. The maximum Gasteiger partial charge on any atom is 0.371 e. The molecule has 2 aromatic carbocycles. The first-order valence-electron chi connectivity index (χ1n) is 9.09. The zero-order valence-electron chi connectivity index (χ0n) is 16.1. The van der Waals surface area contributed by atoms with Gasteiger partial charge in [0.05, 0.1) is 18.2 Å². The van der Waals surface area contributed by atoms with E-state index in [1.54, 1.807) is 48.5 Å². The molecule has 0 amide bonds. The molecule has 0 aliphatic carbocycles. The number of halogens is 1. The first-order valence-corrected chi connectivity index (χ1v) is 9.47. The molecule has 0 aliphatic rings. The Kier molecular flexibility index (Phi) is 6.79. The van der Waals surface area contributed by atoms with Crippen molar-refractivity contribution < 1.29 is 23.8 Å². The second-order valence-electron chi connectivity index (χ2n) is 6.18. The summed E-state index contributed by atoms with van der Waals surface area (Å²) in [7, 11) is 0. The topological polar surface area (TPSA) is 92.7 Å². The third-order valence-corrected chi connectivity index (χ3v) is 4.31. The minimum absolute atomic E-state index is 0.0501. The molecule has 0 saturated heterocycles. The molecule has 0 bridgehead atoms. The predicted octanol–water partition coefficient (Wildman–Crippen LogP) is 5.67. The number of rotatable bonds is 8. The summed E-state index contributed by atoms with van der Waals surface area (Å²) in [6, 6.07) is 17.5. The number of benzene rings is 2. The fraction of sp³-hybridized carbons (Fsp3) is 0.130. The summed E-state index contributed by atoms with van der Waals surface area (Å²) in [5, 5.41) is 19.0. The lowest BCUT2D eigenvalue weighted by atomic mass is 10.0. The molecule has 7 heteroatoms. The number of allylic oxidation sites excluding steroid dienone is 1. The van der Waals surface area contributed by atoms with Gasteiger partial charge in [0.1, 0.15) is 12.4 Å². The lowest BCUT2D eigenvalue weighted by Crippen LogP contribution is -1.99. The van der Waals surface area contributed by atoms with E-state index in [4.69, 9.17) is 30.6 Å². The Morgan fingerprint density at radius 1 is 1.17 bits per heavy atom. The van der Waals surface area contributed by atoms with Gasteiger partial charge in [-0.1, -0.05) is 29.8 Å². The van der Waals surface area contributed by atoms with Crippen LogP contribution in [-0.2, 0) is 6.61 Å². The lowest BCUT2D eigenvalue weighted by Gasteiger charge is -2.12. The van der Waals surface area contributed by atoms with Crippen LogP contribution in [0.1, 0.15) is 34.4 Å². The SMILES string of the molecule is CCOc1cc(/C=C(/C#N)c2cccc(Cl)c2)ccc1OCc1ccc(C(=O)O)o1. The fourth-order valence-electron chi connectivity index (χ4n) is 2.72. The number of hydrogen-bond acceptors (Lipinski definition) is 5. The Morgan fingerprint density at radius 3 is 2.67 bits per heavy atom. The smallest absolute Gasteiger partial charge is 0.371 e. The van der Waals surface area contributed by atoms with Gasteiger partial charge in [0.2, 0.25) is 5.76 Å². The summed E-state index contributed by atoms with van der Waals surface area (Å²) in [5.74, 6) is 0.0688. The second-order valence-corrected chi connectivity index (χ2v) is 6.62. The van der Waals surface area contributed by atoms with Gasteiger partial charge < -0.3 is 19.0 Å². The molecular weight excluding hydrogens is 406 g/mol. The molecule has 1 heterocycles. The van der Waals surface area contributed by atoms with Crippen LogP contribution in [0, 0.1) is 11.3 Å². The standard InChI is InChI=1S/C23H18ClNO5/c1-2-28-22-11-15(10-17(13-25)16-4-3-5-18(24)12-16)6-8-20(22)29-14-19-7-9-21(30-19)23(26)27/h3-12H,2,14H2,1H3,(H,26,27)/b17-10-. The summed E-state index contributed by atoms with van der Waals surface area (Å²) in [6.07, 6.45) is 1.74. The molecule has 1 aromatic heterocycles. The summed E-state index contributed by atoms with van der Waals surface area (Å²) < 4.78 is 16.6. The quantitative estimate of drug-likeness (QED) is 0.370. The monoisotopic (exact) mass is 423 g/mol. The van der Waals surface area contributed by atoms with E-state index in [1.807, 2.05) is 13.0 Å². The minimum Gasteiger partial charge on any atom is -0.490 e. The van der Waals surface area contributed by atoms with Crippen LogP contribution in [0.15, 0.2) is 59.0 Å². The van der Waals surface area contributed by atoms with E-state index < -0.39 is 5.97 Å². The van der Waals surface area contributed by atoms with Crippen molar-refractivity contribution in [2.45, 2.75) is 13.5 Å². The highest BCUT2D eigenvalue weighted by atomic mass is 35.5. The highest BCUT2D eigenvalue weighted by Crippen LogP contribution is 2.31. The fourth-order valence-corrected chi connectivity index (χ4v) is 2.91. The van der Waals surface area contributed by atoms with Crippen molar-refractivity contribution in [1.82, 2.24) is 0 Å². The van der Waals surface area contributed by atoms with E-state index in [0.29, 0.717) is 34.5 Å². The van der Waals surface area contributed by atoms with E-state index >= 15 is 0 Å². The normalized spacial score (nSPS) is 11.0. The Bertz CT molecular complexity index is 1130. The molecule has 6 nitrogen and oxygen atoms in total. The molecule has 0 aliphatic heterocycles. The Labute approximate surface area is 178 Å². The molecule has 152 valence electrons. The van der Waals surface area contributed by atoms with Crippen LogP contribution >= 0.6 is 11.6 Å². The van der Waals surface area contributed by atoms with Crippen molar-refractivity contribution in [1.29, 1.82) is 5.26 Å². The van der Waals surface area contributed by atoms with Crippen LogP contribution in [0.4, 0.5) is 0 Å². The van der Waals surface area contributed by atoms with Gasteiger partial charge in [-0.05, 0) is 60.5 Å². The summed E-state index contributed by atoms with van der Waals surface area (Å²) in [6.45, 7) is 2.33. The van der Waals surface area contributed by atoms with Gasteiger partial charge in [0.15, 0.2) is 11.5 Å². The van der Waals surface area contributed by atoms with Crippen LogP contribution in [0.25, 0.3) is 11.6 Å². The number of furan rings is 1. The molecular formula is C23H18ClNO5. The van der Waals surface area contributed by atoms with E-state index in [-0.39, 0.29) is 12.4 Å². The molecule has 3 aromatic rings. The molecule has 0 fully saturated rings. The first kappa shape index (κ1) is 21.0. The van der Waals surface area contributed by atoms with Crippen molar-refractivity contribution >= 4 is 29.2 Å². The number of nitrogens with zero attached hydrogens (tertiary/aromatic N) is 1. The van der Waals surface area contributed by atoms with Gasteiger partial charge in [0.25, 0.3) is 0 Å². The van der Waals surface area contributed by atoms with Gasteiger partial charge in [-0.2, -0.15) is 5.26 Å². The van der Waals surface area contributed by atoms with Gasteiger partial charge in [-0.25, -0.2) is 4.79 Å². The average Bonchev–Trinajstić information content (AvgIpc) is 3.21. The van der Waals surface area contributed by atoms with Crippen LogP contribution < -0.4 is 9.47 Å². The number of carbonyl (C=O) groups is 1. The van der Waals surface area contributed by atoms with E-state index in [9.17, 15) is 10.1 Å². The summed E-state index contributed by atoms with van der Waals surface area (Å²) >= 11 is 6.03. The first-order chi connectivity index (χ1) is 14.5. The number of ether oxygens (including phenoxy) is 2. The van der Waals surface area contributed by atoms with E-state index in [0.717, 1.165) is 11.1 Å². The highest BCUT2D eigenvalue weighted by molar-refractivity contribution is 6.30. The molecule has 0 atom stereocenters. The van der Waals surface area contributed by atoms with Gasteiger partial charge in [-0.15, -0.1) is 0 Å². The van der Waals surface area contributed by atoms with Crippen LogP contribution in [0.2, 0.25) is 5.02 Å². The Morgan fingerprint density at radius 2 is 2.00 bits per heavy atom. The third kappa shape index (κ3) is 5.22. The summed E-state index contributed by atoms with van der Waals surface area (Å²) in [5.41, 5.74) is 1.94. The molecule has 30 heavy (non-hydrogen) atoms. The number of nitriles is 1. The second kappa shape index (κ2) is 9.68. The van der Waals surface area contributed by atoms with E-state index in [1.165, 1.54) is 6.07 Å². The number of hydrogen-bond donors (Lipinski definition) is 1. The van der Waals surface area contributed by atoms with Crippen molar-refractivity contribution in [3.8, 4) is 17.6 Å². The van der Waals surface area contributed by atoms with E-state index in [2.05, 4.69) is 6.07 Å². The van der Waals surface area contributed by atoms with Gasteiger partial charge in [0, 0.05) is 5.02 Å². The average molecular weight is 424 g/mol. The maximum absolute atomic E-state index is 10.9. The van der Waals surface area contributed by atoms with Crippen LogP contribution in [0.5, 0.6) is 11.5 Å². The molecule has 1 N–H and O–H groups in total. The molecule has 3 rings (SSSR count). The number of carboxylic acids is 1. The number of carboxylic acid groups (broad SMARTS) is 1. The van der Waals surface area contributed by atoms with Crippen molar-refractivity contribution in [3.05, 3.63) is 82.3 Å². The van der Waals surface area contributed by atoms with Crippen molar-refractivity contribution in [2.75, 3.05) is 6.61 Å². The van der Waals surface area contributed by atoms with Gasteiger partial charge in [-0.3, -0.25) is 0 Å². The molecule has 0 spiro atoms. The largest absolute Gasteiger partial charge is 0.490 e. The van der Waals surface area contributed by atoms with Crippen LogP contribution in [-0.4, -0.2) is 17.7 Å². The minimum atomic E-state index is -1.14. The maximum atomic E-state index is 10.9. The molecule has 0 radical (unpaired) electrons. The number of aromatic carboxylic acids is 1. The summed E-state index contributed by atoms with van der Waals surface area (Å²) in [4.78, 5) is 10.9. The Hall–Kier alpha value is -3.69. The molecule has 0 unspecified atom stereocenters. The van der Waals surface area contributed by atoms with Gasteiger partial charge >= 0.3 is 5.97 Å². The zero-order valence-corrected chi connectivity index (χ0v) is 16.8.